The van der Waals surface area contributed by atoms with Crippen molar-refractivity contribution in [1.29, 1.82) is 0 Å². The summed E-state index contributed by atoms with van der Waals surface area (Å²) in [4.78, 5) is 23.1. The van der Waals surface area contributed by atoms with Gasteiger partial charge in [0.05, 0.1) is 5.39 Å². The predicted octanol–water partition coefficient (Wildman–Crippen LogP) is 6.10. The van der Waals surface area contributed by atoms with E-state index in [1.807, 2.05) is 48.5 Å². The maximum Gasteiger partial charge on any atom is 0.323 e. The first kappa shape index (κ1) is 20.8. The number of aromatic nitrogens is 2. The highest BCUT2D eigenvalue weighted by Gasteiger charge is 2.17. The minimum atomic E-state index is -0.272. The molecule has 158 valence electrons. The van der Waals surface area contributed by atoms with Crippen LogP contribution in [0.5, 0.6) is 0 Å². The van der Waals surface area contributed by atoms with Crippen LogP contribution in [0.1, 0.15) is 30.7 Å². The molecule has 31 heavy (non-hydrogen) atoms. The van der Waals surface area contributed by atoms with Crippen molar-refractivity contribution in [3.8, 4) is 11.1 Å². The Morgan fingerprint density at radius 1 is 1.03 bits per heavy atom. The summed E-state index contributed by atoms with van der Waals surface area (Å²) in [7, 11) is 0. The number of rotatable bonds is 6. The van der Waals surface area contributed by atoms with E-state index < -0.39 is 0 Å². The Morgan fingerprint density at radius 3 is 2.55 bits per heavy atom. The molecule has 0 aliphatic carbocycles. The van der Waals surface area contributed by atoms with Crippen molar-refractivity contribution in [2.75, 3.05) is 16.4 Å². The average Bonchev–Trinajstić information content (AvgIpc) is 3.14. The van der Waals surface area contributed by atoms with Crippen LogP contribution in [0, 0.1) is 0 Å². The molecule has 2 amide bonds. The summed E-state index contributed by atoms with van der Waals surface area (Å²) in [6, 6.07) is 15.4. The Morgan fingerprint density at radius 2 is 1.81 bits per heavy atom. The second-order valence-electron chi connectivity index (χ2n) is 7.30. The van der Waals surface area contributed by atoms with Gasteiger partial charge >= 0.3 is 6.03 Å². The van der Waals surface area contributed by atoms with Gasteiger partial charge in [-0.2, -0.15) is 0 Å². The van der Waals surface area contributed by atoms with Crippen LogP contribution < -0.4 is 16.4 Å². The molecule has 0 aliphatic rings. The van der Waals surface area contributed by atoms with E-state index in [9.17, 15) is 4.79 Å². The molecule has 4 rings (SSSR count). The molecule has 0 aliphatic heterocycles. The predicted molar refractivity (Wildman–Crippen MR) is 130 cm³/mol. The second kappa shape index (κ2) is 9.14. The molecule has 4 N–H and O–H groups in total. The summed E-state index contributed by atoms with van der Waals surface area (Å²) in [5.41, 5.74) is 11.0. The van der Waals surface area contributed by atoms with Gasteiger partial charge in [-0.15, -0.1) is 11.3 Å². The lowest BCUT2D eigenvalue weighted by Gasteiger charge is -2.10. The van der Waals surface area contributed by atoms with Gasteiger partial charge in [0, 0.05) is 21.8 Å². The van der Waals surface area contributed by atoms with E-state index in [0.717, 1.165) is 46.3 Å². The molecular formula is C24H25N5OS. The molecule has 0 unspecified atom stereocenters. The Balaban J connectivity index is 1.56. The number of thiophene rings is 1. The van der Waals surface area contributed by atoms with Gasteiger partial charge in [0.1, 0.15) is 17.0 Å². The molecule has 6 nitrogen and oxygen atoms in total. The Labute approximate surface area is 185 Å². The maximum atomic E-state index is 12.4. The zero-order chi connectivity index (χ0) is 21.8. The van der Waals surface area contributed by atoms with Gasteiger partial charge in [-0.3, -0.25) is 0 Å². The quantitative estimate of drug-likeness (QED) is 0.344. The van der Waals surface area contributed by atoms with Crippen molar-refractivity contribution in [3.05, 3.63) is 65.3 Å². The Hall–Kier alpha value is -3.45. The SMILES string of the molecule is CCCc1sc2ncnc(N)c2c1-c1ccc(NC(=O)Nc2cccc(CC)c2)cc1. The molecule has 7 heteroatoms. The normalized spacial score (nSPS) is 10.9. The van der Waals surface area contributed by atoms with Gasteiger partial charge in [-0.05, 0) is 48.2 Å². The summed E-state index contributed by atoms with van der Waals surface area (Å²) in [5.74, 6) is 0.495. The second-order valence-corrected chi connectivity index (χ2v) is 8.38. The zero-order valence-electron chi connectivity index (χ0n) is 17.6. The fourth-order valence-electron chi connectivity index (χ4n) is 3.59. The zero-order valence-corrected chi connectivity index (χ0v) is 18.4. The van der Waals surface area contributed by atoms with Crippen LogP contribution in [0.25, 0.3) is 21.3 Å². The van der Waals surface area contributed by atoms with Crippen molar-refractivity contribution >= 4 is 44.8 Å². The molecule has 2 aromatic heterocycles. The molecule has 2 heterocycles. The number of benzene rings is 2. The number of nitrogens with two attached hydrogens (primary N) is 1. The highest BCUT2D eigenvalue weighted by Crippen LogP contribution is 2.40. The Kier molecular flexibility index (Phi) is 6.13. The fraction of sp³-hybridized carbons (Fsp3) is 0.208. The number of anilines is 3. The molecule has 2 aromatic carbocycles. The van der Waals surface area contributed by atoms with Crippen LogP contribution >= 0.6 is 11.3 Å². The lowest BCUT2D eigenvalue weighted by Crippen LogP contribution is -2.19. The Bertz CT molecular complexity index is 1220. The third-order valence-corrected chi connectivity index (χ3v) is 6.25. The van der Waals surface area contributed by atoms with Gasteiger partial charge in [0.2, 0.25) is 0 Å². The molecule has 4 aromatic rings. The molecular weight excluding hydrogens is 406 g/mol. The van der Waals surface area contributed by atoms with E-state index in [4.69, 9.17) is 5.73 Å². The van der Waals surface area contributed by atoms with Crippen LogP contribution in [-0.4, -0.2) is 16.0 Å². The summed E-state index contributed by atoms with van der Waals surface area (Å²) in [6.07, 6.45) is 4.42. The summed E-state index contributed by atoms with van der Waals surface area (Å²) in [6.45, 7) is 4.24. The van der Waals surface area contributed by atoms with Crippen LogP contribution in [0.3, 0.4) is 0 Å². The van der Waals surface area contributed by atoms with E-state index in [1.165, 1.54) is 16.8 Å². The topological polar surface area (TPSA) is 92.9 Å². The molecule has 0 radical (unpaired) electrons. The lowest BCUT2D eigenvalue weighted by molar-refractivity contribution is 0.262. The van der Waals surface area contributed by atoms with E-state index in [1.54, 1.807) is 11.3 Å². The number of nitrogen functional groups attached to an aromatic ring is 1. The molecule has 0 spiro atoms. The van der Waals surface area contributed by atoms with Gasteiger partial charge in [0.25, 0.3) is 0 Å². The highest BCUT2D eigenvalue weighted by atomic mass is 32.1. The largest absolute Gasteiger partial charge is 0.383 e. The average molecular weight is 432 g/mol. The smallest absolute Gasteiger partial charge is 0.323 e. The van der Waals surface area contributed by atoms with Crippen molar-refractivity contribution in [1.82, 2.24) is 9.97 Å². The third-order valence-electron chi connectivity index (χ3n) is 5.09. The highest BCUT2D eigenvalue weighted by molar-refractivity contribution is 7.19. The standard InChI is InChI=1S/C24H25N5OS/c1-3-6-19-20(21-22(25)26-14-27-23(21)31-19)16-9-11-17(12-10-16)28-24(30)29-18-8-5-7-15(4-2)13-18/h5,7-14H,3-4,6H2,1-2H3,(H2,25,26,27)(H2,28,29,30). The summed E-state index contributed by atoms with van der Waals surface area (Å²) >= 11 is 1.67. The van der Waals surface area contributed by atoms with Crippen molar-refractivity contribution in [2.45, 2.75) is 33.1 Å². The molecule has 0 fully saturated rings. The number of amides is 2. The first-order chi connectivity index (χ1) is 15.1. The number of aryl methyl sites for hydroxylation is 2. The van der Waals surface area contributed by atoms with Gasteiger partial charge in [-0.1, -0.05) is 44.5 Å². The van der Waals surface area contributed by atoms with Gasteiger partial charge in [-0.25, -0.2) is 14.8 Å². The minimum Gasteiger partial charge on any atom is -0.383 e. The number of nitrogens with zero attached hydrogens (tertiary/aromatic N) is 2. The fourth-order valence-corrected chi connectivity index (χ4v) is 4.86. The summed E-state index contributed by atoms with van der Waals surface area (Å²) in [5, 5.41) is 6.68. The van der Waals surface area contributed by atoms with Gasteiger partial charge in [0.15, 0.2) is 0 Å². The number of urea groups is 1. The number of fused-ring (bicyclic) bond motifs is 1. The number of carbonyl (C=O) groups excluding carboxylic acids is 1. The van der Waals surface area contributed by atoms with E-state index in [-0.39, 0.29) is 6.03 Å². The number of nitrogens with one attached hydrogen (secondary N) is 2. The molecule has 0 saturated heterocycles. The summed E-state index contributed by atoms with van der Waals surface area (Å²) < 4.78 is 0. The van der Waals surface area contributed by atoms with Crippen LogP contribution in [0.2, 0.25) is 0 Å². The van der Waals surface area contributed by atoms with E-state index in [0.29, 0.717) is 11.5 Å². The van der Waals surface area contributed by atoms with Crippen molar-refractivity contribution in [3.63, 3.8) is 0 Å². The van der Waals surface area contributed by atoms with Gasteiger partial charge < -0.3 is 16.4 Å². The minimum absolute atomic E-state index is 0.272. The number of hydrogen-bond donors (Lipinski definition) is 3. The van der Waals surface area contributed by atoms with Crippen LogP contribution in [-0.2, 0) is 12.8 Å². The van der Waals surface area contributed by atoms with Crippen LogP contribution in [0.4, 0.5) is 22.0 Å². The van der Waals surface area contributed by atoms with Crippen molar-refractivity contribution < 1.29 is 4.79 Å². The molecule has 0 bridgehead atoms. The van der Waals surface area contributed by atoms with Crippen LogP contribution in [0.15, 0.2) is 54.9 Å². The van der Waals surface area contributed by atoms with E-state index >= 15 is 0 Å². The van der Waals surface area contributed by atoms with E-state index in [2.05, 4.69) is 34.4 Å². The first-order valence-electron chi connectivity index (χ1n) is 10.4. The number of hydrogen-bond acceptors (Lipinski definition) is 5. The molecule has 0 saturated carbocycles. The molecule has 0 atom stereocenters. The lowest BCUT2D eigenvalue weighted by atomic mass is 10.0. The maximum absolute atomic E-state index is 12.4. The third kappa shape index (κ3) is 4.51. The monoisotopic (exact) mass is 431 g/mol. The first-order valence-corrected chi connectivity index (χ1v) is 11.2. The van der Waals surface area contributed by atoms with Crippen molar-refractivity contribution in [2.24, 2.45) is 0 Å². The number of carbonyl (C=O) groups is 1.